The number of carbonyl (C=O) groups excluding carboxylic acids is 1. The highest BCUT2D eigenvalue weighted by molar-refractivity contribution is 5.68. The summed E-state index contributed by atoms with van der Waals surface area (Å²) in [4.78, 5) is 14.9. The third-order valence-electron chi connectivity index (χ3n) is 2.98. The van der Waals surface area contributed by atoms with Crippen LogP contribution in [0.25, 0.3) is 0 Å². The Bertz CT molecular complexity index is 367. The number of hydrogen-bond acceptors (Lipinski definition) is 4. The van der Waals surface area contributed by atoms with Gasteiger partial charge in [0.25, 0.3) is 0 Å². The van der Waals surface area contributed by atoms with Crippen LogP contribution >= 0.6 is 0 Å². The van der Waals surface area contributed by atoms with E-state index < -0.39 is 0 Å². The van der Waals surface area contributed by atoms with Crippen LogP contribution in [0.2, 0.25) is 0 Å². The van der Waals surface area contributed by atoms with Crippen LogP contribution in [0.15, 0.2) is 18.3 Å². The number of hydrogen-bond donors (Lipinski definition) is 1. The van der Waals surface area contributed by atoms with E-state index in [4.69, 9.17) is 5.73 Å². The van der Waals surface area contributed by atoms with E-state index in [-0.39, 0.29) is 5.97 Å². The van der Waals surface area contributed by atoms with Gasteiger partial charge in [-0.2, -0.15) is 0 Å². The lowest BCUT2D eigenvalue weighted by atomic mass is 10.1. The van der Waals surface area contributed by atoms with E-state index in [1.54, 1.807) is 6.20 Å². The molecule has 0 bridgehead atoms. The highest BCUT2D eigenvalue weighted by Gasteiger charge is 2.00. The van der Waals surface area contributed by atoms with Crippen molar-refractivity contribution in [2.75, 3.05) is 12.8 Å². The second-order valence-electron chi connectivity index (χ2n) is 4.39. The molecule has 0 aromatic carbocycles. The molecule has 0 atom stereocenters. The maximum atomic E-state index is 10.9. The molecule has 0 aliphatic rings. The van der Waals surface area contributed by atoms with Gasteiger partial charge in [-0.3, -0.25) is 4.79 Å². The normalized spacial score (nSPS) is 10.3. The first-order chi connectivity index (χ1) is 8.74. The van der Waals surface area contributed by atoms with Crippen molar-refractivity contribution in [3.8, 4) is 0 Å². The van der Waals surface area contributed by atoms with E-state index >= 15 is 0 Å². The zero-order valence-corrected chi connectivity index (χ0v) is 11.0. The molecule has 1 heterocycles. The third kappa shape index (κ3) is 5.66. The van der Waals surface area contributed by atoms with E-state index in [0.717, 1.165) is 44.1 Å². The molecule has 4 heteroatoms. The minimum Gasteiger partial charge on any atom is -0.469 e. The number of carbonyl (C=O) groups is 1. The summed E-state index contributed by atoms with van der Waals surface area (Å²) in [6.07, 6.45) is 8.66. The van der Waals surface area contributed by atoms with Crippen molar-refractivity contribution < 1.29 is 9.53 Å². The fraction of sp³-hybridized carbons (Fsp3) is 0.571. The molecule has 18 heavy (non-hydrogen) atoms. The van der Waals surface area contributed by atoms with Crippen molar-refractivity contribution >= 4 is 11.8 Å². The van der Waals surface area contributed by atoms with Gasteiger partial charge in [0.1, 0.15) is 5.82 Å². The number of nitrogens with zero attached hydrogens (tertiary/aromatic N) is 1. The topological polar surface area (TPSA) is 65.2 Å². The first-order valence-electron chi connectivity index (χ1n) is 6.50. The van der Waals surface area contributed by atoms with E-state index in [1.165, 1.54) is 7.11 Å². The van der Waals surface area contributed by atoms with Crippen molar-refractivity contribution in [2.45, 2.75) is 44.9 Å². The molecular formula is C14H22N2O2. The molecule has 0 saturated carbocycles. The number of unbranched alkanes of at least 4 members (excludes halogenated alkanes) is 4. The molecule has 1 rings (SSSR count). The first-order valence-corrected chi connectivity index (χ1v) is 6.50. The number of anilines is 1. The van der Waals surface area contributed by atoms with Crippen molar-refractivity contribution in [1.29, 1.82) is 0 Å². The standard InChI is InChI=1S/C14H22N2O2/c1-18-13(17)10-6-4-2-3-5-8-12-9-7-11-16-14(12)15/h7,9,11H,2-6,8,10H2,1H3,(H2,15,16). The molecule has 0 unspecified atom stereocenters. The summed E-state index contributed by atoms with van der Waals surface area (Å²) in [5.41, 5.74) is 6.90. The van der Waals surface area contributed by atoms with Gasteiger partial charge in [0.05, 0.1) is 7.11 Å². The Morgan fingerprint density at radius 1 is 1.28 bits per heavy atom. The molecule has 4 nitrogen and oxygen atoms in total. The van der Waals surface area contributed by atoms with E-state index in [2.05, 4.69) is 9.72 Å². The van der Waals surface area contributed by atoms with Crippen molar-refractivity contribution in [3.05, 3.63) is 23.9 Å². The fourth-order valence-electron chi connectivity index (χ4n) is 1.88. The molecule has 0 aliphatic carbocycles. The Balaban J connectivity index is 2.02. The summed E-state index contributed by atoms with van der Waals surface area (Å²) in [7, 11) is 1.43. The molecular weight excluding hydrogens is 228 g/mol. The quantitative estimate of drug-likeness (QED) is 0.569. The Hall–Kier alpha value is -1.58. The van der Waals surface area contributed by atoms with Crippen LogP contribution in [-0.4, -0.2) is 18.1 Å². The number of aryl methyl sites for hydroxylation is 1. The maximum Gasteiger partial charge on any atom is 0.305 e. The largest absolute Gasteiger partial charge is 0.469 e. The van der Waals surface area contributed by atoms with Crippen LogP contribution in [0.1, 0.15) is 44.1 Å². The predicted octanol–water partition coefficient (Wildman–Crippen LogP) is 2.72. The number of pyridine rings is 1. The number of ether oxygens (including phenoxy) is 1. The summed E-state index contributed by atoms with van der Waals surface area (Å²) >= 11 is 0. The number of esters is 1. The lowest BCUT2D eigenvalue weighted by molar-refractivity contribution is -0.140. The number of nitrogen functional groups attached to an aromatic ring is 1. The Morgan fingerprint density at radius 2 is 2.00 bits per heavy atom. The van der Waals surface area contributed by atoms with E-state index in [9.17, 15) is 4.79 Å². The second-order valence-corrected chi connectivity index (χ2v) is 4.39. The predicted molar refractivity (Wildman–Crippen MR) is 72.1 cm³/mol. The summed E-state index contributed by atoms with van der Waals surface area (Å²) < 4.78 is 4.59. The van der Waals surface area contributed by atoms with Crippen LogP contribution in [0.3, 0.4) is 0 Å². The molecule has 1 aromatic heterocycles. The van der Waals surface area contributed by atoms with Crippen molar-refractivity contribution in [2.24, 2.45) is 0 Å². The Morgan fingerprint density at radius 3 is 2.72 bits per heavy atom. The number of rotatable bonds is 8. The lowest BCUT2D eigenvalue weighted by Gasteiger charge is -2.04. The van der Waals surface area contributed by atoms with Crippen molar-refractivity contribution in [1.82, 2.24) is 4.98 Å². The second kappa shape index (κ2) is 8.50. The molecule has 0 saturated heterocycles. The van der Waals surface area contributed by atoms with Crippen LogP contribution in [0.5, 0.6) is 0 Å². The Kier molecular flexibility index (Phi) is 6.84. The van der Waals surface area contributed by atoms with Crippen LogP contribution in [0.4, 0.5) is 5.82 Å². The molecule has 2 N–H and O–H groups in total. The number of aromatic nitrogens is 1. The van der Waals surface area contributed by atoms with Crippen LogP contribution in [0, 0.1) is 0 Å². The van der Waals surface area contributed by atoms with Gasteiger partial charge in [0.15, 0.2) is 0 Å². The van der Waals surface area contributed by atoms with E-state index in [1.807, 2.05) is 12.1 Å². The summed E-state index contributed by atoms with van der Waals surface area (Å²) in [5.74, 6) is 0.529. The van der Waals surface area contributed by atoms with Gasteiger partial charge in [-0.25, -0.2) is 4.98 Å². The van der Waals surface area contributed by atoms with Gasteiger partial charge in [-0.1, -0.05) is 25.3 Å². The zero-order valence-electron chi connectivity index (χ0n) is 11.0. The fourth-order valence-corrected chi connectivity index (χ4v) is 1.88. The number of nitrogens with two attached hydrogens (primary N) is 1. The minimum absolute atomic E-state index is 0.113. The highest BCUT2D eigenvalue weighted by atomic mass is 16.5. The van der Waals surface area contributed by atoms with Gasteiger partial charge in [0, 0.05) is 12.6 Å². The SMILES string of the molecule is COC(=O)CCCCCCCc1cccnc1N. The van der Waals surface area contributed by atoms with Gasteiger partial charge in [-0.15, -0.1) is 0 Å². The lowest BCUT2D eigenvalue weighted by Crippen LogP contribution is -1.99. The van der Waals surface area contributed by atoms with Crippen molar-refractivity contribution in [3.63, 3.8) is 0 Å². The van der Waals surface area contributed by atoms with E-state index in [0.29, 0.717) is 12.2 Å². The summed E-state index contributed by atoms with van der Waals surface area (Å²) in [6, 6.07) is 3.95. The molecule has 0 spiro atoms. The zero-order chi connectivity index (χ0) is 13.2. The van der Waals surface area contributed by atoms with Gasteiger partial charge < -0.3 is 10.5 Å². The maximum absolute atomic E-state index is 10.9. The average molecular weight is 250 g/mol. The molecule has 100 valence electrons. The smallest absolute Gasteiger partial charge is 0.305 e. The third-order valence-corrected chi connectivity index (χ3v) is 2.98. The first kappa shape index (κ1) is 14.5. The average Bonchev–Trinajstić information content (AvgIpc) is 2.39. The molecule has 0 radical (unpaired) electrons. The minimum atomic E-state index is -0.113. The summed E-state index contributed by atoms with van der Waals surface area (Å²) in [5, 5.41) is 0. The van der Waals surface area contributed by atoms with Crippen LogP contribution in [-0.2, 0) is 16.0 Å². The summed E-state index contributed by atoms with van der Waals surface area (Å²) in [6.45, 7) is 0. The van der Waals surface area contributed by atoms with Gasteiger partial charge >= 0.3 is 5.97 Å². The highest BCUT2D eigenvalue weighted by Crippen LogP contribution is 2.13. The number of methoxy groups -OCH3 is 1. The van der Waals surface area contributed by atoms with Gasteiger partial charge in [-0.05, 0) is 30.9 Å². The van der Waals surface area contributed by atoms with Crippen LogP contribution < -0.4 is 5.73 Å². The molecule has 0 fully saturated rings. The molecule has 1 aromatic rings. The monoisotopic (exact) mass is 250 g/mol. The van der Waals surface area contributed by atoms with Gasteiger partial charge in [0.2, 0.25) is 0 Å². The molecule has 0 aliphatic heterocycles. The Labute approximate surface area is 109 Å². The molecule has 0 amide bonds.